The van der Waals surface area contributed by atoms with Crippen LogP contribution in [-0.4, -0.2) is 51.3 Å². The van der Waals surface area contributed by atoms with Crippen LogP contribution in [0.25, 0.3) is 0 Å². The van der Waals surface area contributed by atoms with Crippen molar-refractivity contribution in [2.75, 3.05) is 23.9 Å². The molecule has 1 rings (SSSR count). The fraction of sp³-hybridized carbons (Fsp3) is 0.400. The van der Waals surface area contributed by atoms with E-state index in [1.54, 1.807) is 6.07 Å². The maximum absolute atomic E-state index is 12.1. The Labute approximate surface area is 158 Å². The van der Waals surface area contributed by atoms with E-state index in [1.165, 1.54) is 0 Å². The van der Waals surface area contributed by atoms with Gasteiger partial charge in [-0.3, -0.25) is 4.79 Å². The number of hydrogen-bond acceptors (Lipinski definition) is 6. The molecule has 0 aliphatic carbocycles. The molecule has 0 aromatic heterocycles. The van der Waals surface area contributed by atoms with E-state index in [1.807, 2.05) is 0 Å². The molecule has 1 aromatic carbocycles. The average Bonchev–Trinajstić information content (AvgIpc) is 2.53. The van der Waals surface area contributed by atoms with E-state index in [-0.39, 0.29) is 18.7 Å². The lowest BCUT2D eigenvalue weighted by molar-refractivity contribution is -0.274. The molecule has 0 spiro atoms. The number of nitrogens with one attached hydrogen (secondary N) is 3. The number of nitriles is 1. The van der Waals surface area contributed by atoms with E-state index in [0.29, 0.717) is 0 Å². The number of urea groups is 1. The summed E-state index contributed by atoms with van der Waals surface area (Å²) in [7, 11) is -3.63. The van der Waals surface area contributed by atoms with Crippen LogP contribution in [0.1, 0.15) is 6.42 Å². The highest BCUT2D eigenvalue weighted by molar-refractivity contribution is 7.90. The Morgan fingerprint density at radius 3 is 2.36 bits per heavy atom. The number of carbonyl (C=O) groups excluding carboxylic acids is 2. The number of alkyl halides is 3. The number of carbonyl (C=O) groups is 2. The zero-order chi connectivity index (χ0) is 21.4. The van der Waals surface area contributed by atoms with Gasteiger partial charge in [-0.05, 0) is 24.3 Å². The third kappa shape index (κ3) is 9.62. The second-order valence-corrected chi connectivity index (χ2v) is 7.70. The van der Waals surface area contributed by atoms with Crippen LogP contribution in [0.4, 0.5) is 23.7 Å². The summed E-state index contributed by atoms with van der Waals surface area (Å²) in [6, 6.07) is 3.59. The molecule has 0 saturated carbocycles. The van der Waals surface area contributed by atoms with Gasteiger partial charge in [0.25, 0.3) is 0 Å². The molecule has 28 heavy (non-hydrogen) atoms. The number of ether oxygens (including phenoxy) is 1. The first-order valence-corrected chi connectivity index (χ1v) is 9.71. The number of amides is 3. The topological polar surface area (TPSA) is 137 Å². The second-order valence-electron chi connectivity index (χ2n) is 5.51. The summed E-state index contributed by atoms with van der Waals surface area (Å²) in [6.45, 7) is -0.0282. The van der Waals surface area contributed by atoms with Gasteiger partial charge >= 0.3 is 12.4 Å². The average molecular weight is 422 g/mol. The van der Waals surface area contributed by atoms with Crippen molar-refractivity contribution in [3.05, 3.63) is 24.3 Å². The standard InChI is InChI=1S/C15H17F3N4O5S/c1-28(25,26)9-12(13(23)20-8-2-7-19)22-14(24)21-10-3-5-11(6-4-10)27-15(16,17)18/h3-6,12H,2,8-9H2,1H3,(H,20,23)(H2,21,22,24). The molecule has 3 amide bonds. The molecule has 1 unspecified atom stereocenters. The molecule has 13 heteroatoms. The number of anilines is 1. The summed E-state index contributed by atoms with van der Waals surface area (Å²) in [5, 5.41) is 15.2. The van der Waals surface area contributed by atoms with E-state index in [4.69, 9.17) is 5.26 Å². The molecule has 1 atom stereocenters. The van der Waals surface area contributed by atoms with Gasteiger partial charge in [0.2, 0.25) is 5.91 Å². The molecule has 3 N–H and O–H groups in total. The highest BCUT2D eigenvalue weighted by Gasteiger charge is 2.31. The quantitative estimate of drug-likeness (QED) is 0.538. The molecule has 1 aromatic rings. The smallest absolute Gasteiger partial charge is 0.406 e. The molecule has 154 valence electrons. The molecular formula is C15H17F3N4O5S. The Hall–Kier alpha value is -3.01. The van der Waals surface area contributed by atoms with Crippen LogP contribution < -0.4 is 20.7 Å². The van der Waals surface area contributed by atoms with E-state index in [0.717, 1.165) is 30.5 Å². The summed E-state index contributed by atoms with van der Waals surface area (Å²) in [5.74, 6) is -1.98. The summed E-state index contributed by atoms with van der Waals surface area (Å²) in [4.78, 5) is 24.0. The highest BCUT2D eigenvalue weighted by atomic mass is 32.2. The fourth-order valence-electron chi connectivity index (χ4n) is 1.92. The van der Waals surface area contributed by atoms with Crippen LogP contribution in [0.2, 0.25) is 0 Å². The van der Waals surface area contributed by atoms with Gasteiger partial charge in [-0.1, -0.05) is 0 Å². The lowest BCUT2D eigenvalue weighted by Gasteiger charge is -2.18. The maximum atomic E-state index is 12.1. The molecule has 0 radical (unpaired) electrons. The zero-order valence-electron chi connectivity index (χ0n) is 14.5. The third-order valence-electron chi connectivity index (χ3n) is 2.97. The van der Waals surface area contributed by atoms with Crippen LogP contribution in [0.15, 0.2) is 24.3 Å². The summed E-state index contributed by atoms with van der Waals surface area (Å²) < 4.78 is 62.9. The van der Waals surface area contributed by atoms with E-state index in [2.05, 4.69) is 20.7 Å². The predicted octanol–water partition coefficient (Wildman–Crippen LogP) is 1.15. The Morgan fingerprint density at radius 1 is 1.25 bits per heavy atom. The summed E-state index contributed by atoms with van der Waals surface area (Å²) >= 11 is 0. The molecule has 0 aliphatic rings. The Kier molecular flexibility index (Phi) is 8.05. The van der Waals surface area contributed by atoms with Gasteiger partial charge in [0.1, 0.15) is 21.6 Å². The summed E-state index contributed by atoms with van der Waals surface area (Å²) in [6.07, 6.45) is -3.98. The van der Waals surface area contributed by atoms with Gasteiger partial charge in [0, 0.05) is 18.5 Å². The van der Waals surface area contributed by atoms with Crippen LogP contribution >= 0.6 is 0 Å². The minimum absolute atomic E-state index is 0.00409. The minimum Gasteiger partial charge on any atom is -0.406 e. The lowest BCUT2D eigenvalue weighted by atomic mass is 10.3. The van der Waals surface area contributed by atoms with Crippen molar-refractivity contribution in [1.29, 1.82) is 5.26 Å². The Balaban J connectivity index is 2.74. The SMILES string of the molecule is CS(=O)(=O)CC(NC(=O)Nc1ccc(OC(F)(F)F)cc1)C(=O)NCCC#N. The maximum Gasteiger partial charge on any atom is 0.573 e. The van der Waals surface area contributed by atoms with E-state index < -0.39 is 45.7 Å². The highest BCUT2D eigenvalue weighted by Crippen LogP contribution is 2.23. The van der Waals surface area contributed by atoms with Gasteiger partial charge in [-0.25, -0.2) is 13.2 Å². The predicted molar refractivity (Wildman–Crippen MR) is 92.0 cm³/mol. The van der Waals surface area contributed by atoms with Crippen molar-refractivity contribution in [3.8, 4) is 11.8 Å². The summed E-state index contributed by atoms with van der Waals surface area (Å²) in [5.41, 5.74) is 0.0787. The van der Waals surface area contributed by atoms with Gasteiger partial charge < -0.3 is 20.7 Å². The molecule has 0 fully saturated rings. The number of halogens is 3. The molecule has 0 heterocycles. The van der Waals surface area contributed by atoms with Crippen LogP contribution in [-0.2, 0) is 14.6 Å². The van der Waals surface area contributed by atoms with Crippen molar-refractivity contribution in [2.24, 2.45) is 0 Å². The molecule has 0 bridgehead atoms. The molecule has 0 saturated heterocycles. The Morgan fingerprint density at radius 2 is 1.86 bits per heavy atom. The van der Waals surface area contributed by atoms with Crippen molar-refractivity contribution in [2.45, 2.75) is 18.8 Å². The van der Waals surface area contributed by atoms with E-state index >= 15 is 0 Å². The van der Waals surface area contributed by atoms with Crippen molar-refractivity contribution in [3.63, 3.8) is 0 Å². The minimum atomic E-state index is -4.86. The van der Waals surface area contributed by atoms with Crippen LogP contribution in [0, 0.1) is 11.3 Å². The van der Waals surface area contributed by atoms with Gasteiger partial charge in [0.15, 0.2) is 0 Å². The van der Waals surface area contributed by atoms with Crippen molar-refractivity contribution >= 4 is 27.5 Å². The van der Waals surface area contributed by atoms with Crippen LogP contribution in [0.3, 0.4) is 0 Å². The third-order valence-corrected chi connectivity index (χ3v) is 3.91. The number of sulfone groups is 1. The normalized spacial score (nSPS) is 12.4. The lowest BCUT2D eigenvalue weighted by Crippen LogP contribution is -2.51. The monoisotopic (exact) mass is 422 g/mol. The van der Waals surface area contributed by atoms with E-state index in [9.17, 15) is 31.2 Å². The first-order valence-electron chi connectivity index (χ1n) is 7.65. The first-order chi connectivity index (χ1) is 12.9. The number of benzene rings is 1. The number of rotatable bonds is 8. The van der Waals surface area contributed by atoms with Crippen LogP contribution in [0.5, 0.6) is 5.75 Å². The number of nitrogens with zero attached hydrogens (tertiary/aromatic N) is 1. The molecule has 0 aliphatic heterocycles. The number of hydrogen-bond donors (Lipinski definition) is 3. The fourth-order valence-corrected chi connectivity index (χ4v) is 2.76. The molecule has 9 nitrogen and oxygen atoms in total. The van der Waals surface area contributed by atoms with Crippen molar-refractivity contribution < 1.29 is 35.9 Å². The molecular weight excluding hydrogens is 405 g/mol. The van der Waals surface area contributed by atoms with Gasteiger partial charge in [-0.2, -0.15) is 5.26 Å². The zero-order valence-corrected chi connectivity index (χ0v) is 15.4. The van der Waals surface area contributed by atoms with Gasteiger partial charge in [-0.15, -0.1) is 13.2 Å². The second kappa shape index (κ2) is 9.79. The largest absolute Gasteiger partial charge is 0.573 e. The van der Waals surface area contributed by atoms with Crippen molar-refractivity contribution in [1.82, 2.24) is 10.6 Å². The van der Waals surface area contributed by atoms with Gasteiger partial charge in [0.05, 0.1) is 18.2 Å². The first kappa shape index (κ1) is 23.0. The Bertz CT molecular complexity index is 835.